The van der Waals surface area contributed by atoms with Crippen LogP contribution in [-0.4, -0.2) is 26.0 Å². The van der Waals surface area contributed by atoms with Crippen LogP contribution in [0.2, 0.25) is 0 Å². The summed E-state index contributed by atoms with van der Waals surface area (Å²) in [6, 6.07) is 3.63. The van der Waals surface area contributed by atoms with Crippen LogP contribution in [0.1, 0.15) is 27.9 Å². The van der Waals surface area contributed by atoms with Gasteiger partial charge in [-0.05, 0) is 36.6 Å². The second-order valence-electron chi connectivity index (χ2n) is 4.52. The Morgan fingerprint density at radius 3 is 2.61 bits per heavy atom. The molecule has 4 nitrogen and oxygen atoms in total. The standard InChI is InChI=1S/C14H16O4/c1-8-4-10(17-2)7-12-11(8)5-9(6-13(12)15)14(16)18-3/h4,7,9H,5-6H2,1-3H3. The van der Waals surface area contributed by atoms with Crippen LogP contribution in [0.4, 0.5) is 0 Å². The maximum Gasteiger partial charge on any atom is 0.309 e. The topological polar surface area (TPSA) is 52.6 Å². The number of carbonyl (C=O) groups is 2. The van der Waals surface area contributed by atoms with Crippen molar-refractivity contribution < 1.29 is 19.1 Å². The maximum absolute atomic E-state index is 12.1. The number of ether oxygens (including phenoxy) is 2. The van der Waals surface area contributed by atoms with Gasteiger partial charge in [-0.3, -0.25) is 9.59 Å². The highest BCUT2D eigenvalue weighted by Crippen LogP contribution is 2.31. The van der Waals surface area contributed by atoms with Gasteiger partial charge < -0.3 is 9.47 Å². The van der Waals surface area contributed by atoms with Crippen molar-refractivity contribution in [1.29, 1.82) is 0 Å². The van der Waals surface area contributed by atoms with E-state index in [4.69, 9.17) is 9.47 Å². The molecule has 0 N–H and O–H groups in total. The average Bonchev–Trinajstić information content (AvgIpc) is 2.38. The number of rotatable bonds is 2. The Kier molecular flexibility index (Phi) is 3.36. The molecule has 1 unspecified atom stereocenters. The molecule has 1 aliphatic carbocycles. The highest BCUT2D eigenvalue weighted by molar-refractivity contribution is 6.01. The molecule has 1 aromatic rings. The van der Waals surface area contributed by atoms with Crippen molar-refractivity contribution in [2.45, 2.75) is 19.8 Å². The lowest BCUT2D eigenvalue weighted by Crippen LogP contribution is -2.28. The molecule has 4 heteroatoms. The first-order chi connectivity index (χ1) is 8.56. The van der Waals surface area contributed by atoms with Crippen LogP contribution in [0.5, 0.6) is 5.75 Å². The summed E-state index contributed by atoms with van der Waals surface area (Å²) in [5.41, 5.74) is 2.58. The Labute approximate surface area is 106 Å². The summed E-state index contributed by atoms with van der Waals surface area (Å²) in [6.45, 7) is 1.92. The normalized spacial score (nSPS) is 18.2. The molecular weight excluding hydrogens is 232 g/mol. The van der Waals surface area contributed by atoms with Gasteiger partial charge >= 0.3 is 5.97 Å². The molecule has 0 aliphatic heterocycles. The first-order valence-corrected chi connectivity index (χ1v) is 5.85. The van der Waals surface area contributed by atoms with Crippen molar-refractivity contribution >= 4 is 11.8 Å². The lowest BCUT2D eigenvalue weighted by Gasteiger charge is -2.23. The number of Topliss-reactive ketones (excluding diaryl/α,β-unsaturated/α-hetero) is 1. The Bertz CT molecular complexity index is 505. The minimum Gasteiger partial charge on any atom is -0.497 e. The second-order valence-corrected chi connectivity index (χ2v) is 4.52. The Morgan fingerprint density at radius 2 is 2.00 bits per heavy atom. The summed E-state index contributed by atoms with van der Waals surface area (Å²) < 4.78 is 9.88. The Balaban J connectivity index is 2.42. The second kappa shape index (κ2) is 4.80. The molecule has 0 saturated heterocycles. The number of esters is 1. The zero-order valence-electron chi connectivity index (χ0n) is 10.8. The predicted molar refractivity (Wildman–Crippen MR) is 65.9 cm³/mol. The van der Waals surface area contributed by atoms with Crippen LogP contribution in [0.3, 0.4) is 0 Å². The maximum atomic E-state index is 12.1. The van der Waals surface area contributed by atoms with Gasteiger partial charge in [-0.1, -0.05) is 0 Å². The first kappa shape index (κ1) is 12.6. The van der Waals surface area contributed by atoms with Crippen molar-refractivity contribution in [3.63, 3.8) is 0 Å². The smallest absolute Gasteiger partial charge is 0.309 e. The fraction of sp³-hybridized carbons (Fsp3) is 0.429. The predicted octanol–water partition coefficient (Wildman–Crippen LogP) is 1.92. The minimum absolute atomic E-state index is 0.0198. The molecule has 0 fully saturated rings. The van der Waals surface area contributed by atoms with Gasteiger partial charge in [0.05, 0.1) is 20.1 Å². The number of benzene rings is 1. The van der Waals surface area contributed by atoms with E-state index in [9.17, 15) is 9.59 Å². The van der Waals surface area contributed by atoms with E-state index in [1.54, 1.807) is 13.2 Å². The molecule has 96 valence electrons. The number of methoxy groups -OCH3 is 2. The molecule has 1 atom stereocenters. The third-order valence-corrected chi connectivity index (χ3v) is 3.40. The number of fused-ring (bicyclic) bond motifs is 1. The van der Waals surface area contributed by atoms with E-state index in [0.717, 1.165) is 11.1 Å². The van der Waals surface area contributed by atoms with Crippen LogP contribution < -0.4 is 4.74 Å². The zero-order valence-corrected chi connectivity index (χ0v) is 10.8. The van der Waals surface area contributed by atoms with Gasteiger partial charge in [0.1, 0.15) is 5.75 Å². The van der Waals surface area contributed by atoms with Gasteiger partial charge in [-0.25, -0.2) is 0 Å². The summed E-state index contributed by atoms with van der Waals surface area (Å²) in [5.74, 6) is -0.0175. The number of hydrogen-bond acceptors (Lipinski definition) is 4. The molecule has 0 aromatic heterocycles. The third kappa shape index (κ3) is 2.10. The van der Waals surface area contributed by atoms with E-state index in [2.05, 4.69) is 0 Å². The van der Waals surface area contributed by atoms with E-state index in [1.807, 2.05) is 13.0 Å². The van der Waals surface area contributed by atoms with Crippen molar-refractivity contribution in [3.05, 3.63) is 28.8 Å². The zero-order chi connectivity index (χ0) is 13.3. The number of hydrogen-bond donors (Lipinski definition) is 0. The van der Waals surface area contributed by atoms with Crippen LogP contribution in [0.25, 0.3) is 0 Å². The highest BCUT2D eigenvalue weighted by Gasteiger charge is 2.31. The molecule has 1 aliphatic rings. The lowest BCUT2D eigenvalue weighted by molar-refractivity contribution is -0.145. The van der Waals surface area contributed by atoms with Gasteiger partial charge in [0.15, 0.2) is 5.78 Å². The molecule has 0 heterocycles. The van der Waals surface area contributed by atoms with E-state index >= 15 is 0 Å². The van der Waals surface area contributed by atoms with E-state index in [-0.39, 0.29) is 24.1 Å². The van der Waals surface area contributed by atoms with Crippen LogP contribution in [0.15, 0.2) is 12.1 Å². The van der Waals surface area contributed by atoms with Gasteiger partial charge in [-0.15, -0.1) is 0 Å². The highest BCUT2D eigenvalue weighted by atomic mass is 16.5. The number of ketones is 1. The van der Waals surface area contributed by atoms with Crippen LogP contribution in [0, 0.1) is 12.8 Å². The SMILES string of the molecule is COC(=O)C1CC(=O)c2cc(OC)cc(C)c2C1. The molecule has 18 heavy (non-hydrogen) atoms. The summed E-state index contributed by atoms with van der Waals surface area (Å²) >= 11 is 0. The van der Waals surface area contributed by atoms with E-state index in [0.29, 0.717) is 17.7 Å². The minimum atomic E-state index is -0.359. The summed E-state index contributed by atoms with van der Waals surface area (Å²) in [6.07, 6.45) is 0.774. The fourth-order valence-electron chi connectivity index (χ4n) is 2.41. The molecular formula is C14H16O4. The number of aryl methyl sites for hydroxylation is 1. The third-order valence-electron chi connectivity index (χ3n) is 3.40. The monoisotopic (exact) mass is 248 g/mol. The largest absolute Gasteiger partial charge is 0.497 e. The van der Waals surface area contributed by atoms with Crippen LogP contribution in [-0.2, 0) is 16.0 Å². The first-order valence-electron chi connectivity index (χ1n) is 5.85. The average molecular weight is 248 g/mol. The van der Waals surface area contributed by atoms with Crippen LogP contribution >= 0.6 is 0 Å². The van der Waals surface area contributed by atoms with Gasteiger partial charge in [0.25, 0.3) is 0 Å². The number of carbonyl (C=O) groups excluding carboxylic acids is 2. The molecule has 2 rings (SSSR count). The van der Waals surface area contributed by atoms with E-state index in [1.165, 1.54) is 7.11 Å². The summed E-state index contributed by atoms with van der Waals surface area (Å²) in [4.78, 5) is 23.6. The quantitative estimate of drug-likeness (QED) is 0.750. The lowest BCUT2D eigenvalue weighted by atomic mass is 9.81. The Hall–Kier alpha value is -1.84. The summed E-state index contributed by atoms with van der Waals surface area (Å²) in [5, 5.41) is 0. The van der Waals surface area contributed by atoms with Gasteiger partial charge in [0, 0.05) is 12.0 Å². The molecule has 0 radical (unpaired) electrons. The molecule has 0 bridgehead atoms. The fourth-order valence-corrected chi connectivity index (χ4v) is 2.41. The Morgan fingerprint density at radius 1 is 1.28 bits per heavy atom. The van der Waals surface area contributed by atoms with Crippen molar-refractivity contribution in [3.8, 4) is 5.75 Å². The molecule has 1 aromatic carbocycles. The van der Waals surface area contributed by atoms with Crippen molar-refractivity contribution in [1.82, 2.24) is 0 Å². The molecule has 0 saturated carbocycles. The van der Waals surface area contributed by atoms with E-state index < -0.39 is 0 Å². The molecule has 0 amide bonds. The van der Waals surface area contributed by atoms with Gasteiger partial charge in [-0.2, -0.15) is 0 Å². The summed E-state index contributed by atoms with van der Waals surface area (Å²) in [7, 11) is 2.93. The van der Waals surface area contributed by atoms with Crippen molar-refractivity contribution in [2.24, 2.45) is 5.92 Å². The van der Waals surface area contributed by atoms with Crippen molar-refractivity contribution in [2.75, 3.05) is 14.2 Å². The van der Waals surface area contributed by atoms with Gasteiger partial charge in [0.2, 0.25) is 0 Å². The molecule has 0 spiro atoms.